The normalized spacial score (nSPS) is 11.1. The number of rotatable bonds is 6. The number of aromatic nitrogens is 2. The lowest BCUT2D eigenvalue weighted by atomic mass is 10.2. The molecule has 0 aliphatic rings. The SMILES string of the molecule is COc1cc(NC(=O)c2nn(-c3cccc(C(F)(F)F)c3)cc2OC)cc(OC)c1. The van der Waals surface area contributed by atoms with E-state index in [9.17, 15) is 18.0 Å². The Balaban J connectivity index is 1.92. The Morgan fingerprint density at radius 3 is 2.23 bits per heavy atom. The summed E-state index contributed by atoms with van der Waals surface area (Å²) in [6.45, 7) is 0. The first-order chi connectivity index (χ1) is 14.2. The predicted molar refractivity (Wildman–Crippen MR) is 103 cm³/mol. The molecule has 0 saturated carbocycles. The molecule has 1 amide bonds. The molecule has 0 unspecified atom stereocenters. The molecule has 0 saturated heterocycles. The molecule has 1 heterocycles. The van der Waals surface area contributed by atoms with Crippen molar-refractivity contribution >= 4 is 11.6 Å². The van der Waals surface area contributed by atoms with Crippen LogP contribution in [0, 0.1) is 0 Å². The standard InChI is InChI=1S/C20H18F3N3O4/c1-28-15-8-13(9-16(10-15)29-2)24-19(27)18-17(30-3)11-26(25-18)14-6-4-5-12(7-14)20(21,22)23/h4-11H,1-3H3,(H,24,27). The Bertz CT molecular complexity index is 1040. The lowest BCUT2D eigenvalue weighted by molar-refractivity contribution is -0.137. The number of amides is 1. The van der Waals surface area contributed by atoms with Crippen LogP contribution in [-0.2, 0) is 6.18 Å². The zero-order valence-corrected chi connectivity index (χ0v) is 16.3. The van der Waals surface area contributed by atoms with E-state index in [4.69, 9.17) is 14.2 Å². The highest BCUT2D eigenvalue weighted by Crippen LogP contribution is 2.31. The fourth-order valence-corrected chi connectivity index (χ4v) is 2.69. The second-order valence-corrected chi connectivity index (χ2v) is 6.09. The molecule has 158 valence electrons. The molecule has 10 heteroatoms. The average Bonchev–Trinajstić information content (AvgIpc) is 3.17. The maximum atomic E-state index is 13.0. The van der Waals surface area contributed by atoms with Crippen LogP contribution in [0.25, 0.3) is 5.69 Å². The number of halogens is 3. The molecule has 3 aromatic rings. The summed E-state index contributed by atoms with van der Waals surface area (Å²) in [6, 6.07) is 9.38. The molecule has 0 atom stereocenters. The van der Waals surface area contributed by atoms with Gasteiger partial charge in [0.15, 0.2) is 11.4 Å². The maximum absolute atomic E-state index is 13.0. The van der Waals surface area contributed by atoms with Gasteiger partial charge in [0.2, 0.25) is 0 Å². The Labute approximate surface area is 170 Å². The molecular weight excluding hydrogens is 403 g/mol. The fourth-order valence-electron chi connectivity index (χ4n) is 2.69. The zero-order chi connectivity index (χ0) is 21.9. The van der Waals surface area contributed by atoms with Crippen LogP contribution in [0.1, 0.15) is 16.1 Å². The first-order valence-corrected chi connectivity index (χ1v) is 8.61. The molecule has 0 aliphatic carbocycles. The molecule has 0 radical (unpaired) electrons. The van der Waals surface area contributed by atoms with E-state index in [2.05, 4.69) is 10.4 Å². The van der Waals surface area contributed by atoms with E-state index in [1.165, 1.54) is 39.7 Å². The van der Waals surface area contributed by atoms with Gasteiger partial charge in [-0.15, -0.1) is 0 Å². The van der Waals surface area contributed by atoms with Crippen molar-refractivity contribution in [2.75, 3.05) is 26.6 Å². The lowest BCUT2D eigenvalue weighted by Crippen LogP contribution is -2.14. The molecule has 3 rings (SSSR count). The summed E-state index contributed by atoms with van der Waals surface area (Å²) in [7, 11) is 4.28. The van der Waals surface area contributed by atoms with Crippen molar-refractivity contribution in [2.45, 2.75) is 6.18 Å². The topological polar surface area (TPSA) is 74.6 Å². The maximum Gasteiger partial charge on any atom is 0.416 e. The minimum atomic E-state index is -4.50. The molecular formula is C20H18F3N3O4. The number of hydrogen-bond acceptors (Lipinski definition) is 5. The van der Waals surface area contributed by atoms with Gasteiger partial charge < -0.3 is 19.5 Å². The van der Waals surface area contributed by atoms with Crippen LogP contribution in [0.3, 0.4) is 0 Å². The summed E-state index contributed by atoms with van der Waals surface area (Å²) < 4.78 is 55.6. The second-order valence-electron chi connectivity index (χ2n) is 6.09. The number of alkyl halides is 3. The Morgan fingerprint density at radius 1 is 1.00 bits per heavy atom. The fraction of sp³-hybridized carbons (Fsp3) is 0.200. The van der Waals surface area contributed by atoms with Gasteiger partial charge in [-0.1, -0.05) is 6.07 Å². The number of nitrogens with one attached hydrogen (secondary N) is 1. The minimum absolute atomic E-state index is 0.0970. The minimum Gasteiger partial charge on any atom is -0.497 e. The molecule has 1 N–H and O–H groups in total. The largest absolute Gasteiger partial charge is 0.497 e. The van der Waals surface area contributed by atoms with Crippen molar-refractivity contribution in [2.24, 2.45) is 0 Å². The van der Waals surface area contributed by atoms with Gasteiger partial charge in [-0.25, -0.2) is 4.68 Å². The third-order valence-electron chi connectivity index (χ3n) is 4.16. The second kappa shape index (κ2) is 8.36. The molecule has 30 heavy (non-hydrogen) atoms. The van der Waals surface area contributed by atoms with Crippen LogP contribution >= 0.6 is 0 Å². The number of nitrogens with zero attached hydrogens (tertiary/aromatic N) is 2. The van der Waals surface area contributed by atoms with E-state index < -0.39 is 17.6 Å². The Kier molecular flexibility index (Phi) is 5.86. The molecule has 0 bridgehead atoms. The predicted octanol–water partition coefficient (Wildman–Crippen LogP) is 4.17. The van der Waals surface area contributed by atoms with Crippen LogP contribution in [0.15, 0.2) is 48.7 Å². The molecule has 0 spiro atoms. The third kappa shape index (κ3) is 4.48. The third-order valence-corrected chi connectivity index (χ3v) is 4.16. The quantitative estimate of drug-likeness (QED) is 0.647. The summed E-state index contributed by atoms with van der Waals surface area (Å²) in [5.41, 5.74) is -0.419. The van der Waals surface area contributed by atoms with Crippen LogP contribution < -0.4 is 19.5 Å². The van der Waals surface area contributed by atoms with E-state index in [1.54, 1.807) is 18.2 Å². The Morgan fingerprint density at radius 2 is 1.67 bits per heavy atom. The Hall–Kier alpha value is -3.69. The summed E-state index contributed by atoms with van der Waals surface area (Å²) in [6.07, 6.45) is -3.17. The molecule has 0 aliphatic heterocycles. The van der Waals surface area contributed by atoms with Crippen LogP contribution in [0.5, 0.6) is 17.2 Å². The van der Waals surface area contributed by atoms with Gasteiger partial charge in [0.25, 0.3) is 5.91 Å². The summed E-state index contributed by atoms with van der Waals surface area (Å²) in [5, 5.41) is 6.75. The first kappa shape index (κ1) is 21.0. The zero-order valence-electron chi connectivity index (χ0n) is 16.3. The highest BCUT2D eigenvalue weighted by molar-refractivity contribution is 6.05. The highest BCUT2D eigenvalue weighted by atomic mass is 19.4. The van der Waals surface area contributed by atoms with Crippen molar-refractivity contribution in [1.82, 2.24) is 9.78 Å². The van der Waals surface area contributed by atoms with Gasteiger partial charge in [-0.3, -0.25) is 4.79 Å². The number of carbonyl (C=O) groups excluding carboxylic acids is 1. The average molecular weight is 421 g/mol. The summed E-state index contributed by atoms with van der Waals surface area (Å²) in [5.74, 6) is 0.407. The number of anilines is 1. The van der Waals surface area contributed by atoms with Gasteiger partial charge in [-0.2, -0.15) is 18.3 Å². The van der Waals surface area contributed by atoms with Crippen molar-refractivity contribution < 1.29 is 32.2 Å². The number of benzene rings is 2. The van der Waals surface area contributed by atoms with Gasteiger partial charge in [0.1, 0.15) is 11.5 Å². The number of carbonyl (C=O) groups is 1. The van der Waals surface area contributed by atoms with E-state index in [1.807, 2.05) is 0 Å². The summed E-state index contributed by atoms with van der Waals surface area (Å²) >= 11 is 0. The van der Waals surface area contributed by atoms with E-state index in [-0.39, 0.29) is 17.1 Å². The van der Waals surface area contributed by atoms with Crippen LogP contribution in [0.2, 0.25) is 0 Å². The smallest absolute Gasteiger partial charge is 0.416 e. The highest BCUT2D eigenvalue weighted by Gasteiger charge is 2.30. The first-order valence-electron chi connectivity index (χ1n) is 8.61. The molecule has 2 aromatic carbocycles. The van der Waals surface area contributed by atoms with E-state index in [0.29, 0.717) is 17.2 Å². The molecule has 1 aromatic heterocycles. The van der Waals surface area contributed by atoms with Crippen molar-refractivity contribution in [3.05, 3.63) is 59.9 Å². The molecule has 0 fully saturated rings. The van der Waals surface area contributed by atoms with E-state index in [0.717, 1.165) is 16.8 Å². The van der Waals surface area contributed by atoms with Crippen molar-refractivity contribution in [3.63, 3.8) is 0 Å². The van der Waals surface area contributed by atoms with Gasteiger partial charge in [0, 0.05) is 23.9 Å². The van der Waals surface area contributed by atoms with Crippen molar-refractivity contribution in [1.29, 1.82) is 0 Å². The van der Waals surface area contributed by atoms with E-state index >= 15 is 0 Å². The summed E-state index contributed by atoms with van der Waals surface area (Å²) in [4.78, 5) is 12.7. The number of methoxy groups -OCH3 is 3. The van der Waals surface area contributed by atoms with Crippen LogP contribution in [-0.4, -0.2) is 37.0 Å². The number of ether oxygens (including phenoxy) is 3. The van der Waals surface area contributed by atoms with Gasteiger partial charge in [-0.05, 0) is 18.2 Å². The number of hydrogen-bond donors (Lipinski definition) is 1. The molecule has 7 nitrogen and oxygen atoms in total. The monoisotopic (exact) mass is 421 g/mol. The van der Waals surface area contributed by atoms with Gasteiger partial charge in [0.05, 0.1) is 38.8 Å². The van der Waals surface area contributed by atoms with Crippen molar-refractivity contribution in [3.8, 4) is 22.9 Å². The van der Waals surface area contributed by atoms with Gasteiger partial charge >= 0.3 is 6.18 Å². The lowest BCUT2D eigenvalue weighted by Gasteiger charge is -2.09. The van der Waals surface area contributed by atoms with Crippen LogP contribution in [0.4, 0.5) is 18.9 Å².